The minimum Gasteiger partial charge on any atom is -0.503 e. The average molecular weight is 431 g/mol. The van der Waals surface area contributed by atoms with Crippen molar-refractivity contribution in [2.24, 2.45) is 0 Å². The Hall–Kier alpha value is -2.38. The largest absolute Gasteiger partial charge is 0.503 e. The molecule has 132 valence electrons. The summed E-state index contributed by atoms with van der Waals surface area (Å²) in [5.74, 6) is 0.376. The van der Waals surface area contributed by atoms with E-state index in [1.165, 1.54) is 18.4 Å². The standard InChI is InChI=1S/C19H15BrN2O3S/c1-9-4-13-14(5-10(9)2)22-18(24)16(26-19(22)21-13)8-11-6-12(20)17(23)15(7-11)25-3/h4-8,23H,1-3H3/b16-8-. The van der Waals surface area contributed by atoms with Crippen LogP contribution in [0.5, 0.6) is 11.5 Å². The molecule has 0 bridgehead atoms. The molecule has 0 saturated heterocycles. The second-order valence-electron chi connectivity index (χ2n) is 6.12. The van der Waals surface area contributed by atoms with Crippen LogP contribution in [0.25, 0.3) is 22.1 Å². The van der Waals surface area contributed by atoms with Crippen LogP contribution in [-0.4, -0.2) is 21.6 Å². The molecule has 7 heteroatoms. The lowest BCUT2D eigenvalue weighted by atomic mass is 10.1. The number of thiazole rings is 1. The second-order valence-corrected chi connectivity index (χ2v) is 7.99. The van der Waals surface area contributed by atoms with Crippen molar-refractivity contribution in [2.75, 3.05) is 7.11 Å². The number of phenolic OH excluding ortho intramolecular Hbond substituents is 1. The molecule has 0 spiro atoms. The molecule has 1 N–H and O–H groups in total. The zero-order valence-corrected chi connectivity index (χ0v) is 16.7. The number of phenols is 1. The first-order chi connectivity index (χ1) is 12.4. The number of imidazole rings is 1. The molecule has 0 saturated carbocycles. The second kappa shape index (κ2) is 6.10. The third kappa shape index (κ3) is 2.59. The maximum Gasteiger partial charge on any atom is 0.274 e. The average Bonchev–Trinajstić information content (AvgIpc) is 3.08. The van der Waals surface area contributed by atoms with Gasteiger partial charge < -0.3 is 9.84 Å². The van der Waals surface area contributed by atoms with Gasteiger partial charge in [0, 0.05) is 0 Å². The molecule has 0 aliphatic heterocycles. The number of aromatic nitrogens is 2. The van der Waals surface area contributed by atoms with Gasteiger partial charge in [-0.1, -0.05) is 11.3 Å². The zero-order chi connectivity index (χ0) is 18.6. The van der Waals surface area contributed by atoms with Gasteiger partial charge >= 0.3 is 0 Å². The van der Waals surface area contributed by atoms with Crippen LogP contribution < -0.4 is 14.8 Å². The van der Waals surface area contributed by atoms with Gasteiger partial charge in [-0.2, -0.15) is 0 Å². The quantitative estimate of drug-likeness (QED) is 0.528. The minimum absolute atomic E-state index is 0.0322. The monoisotopic (exact) mass is 430 g/mol. The molecule has 0 unspecified atom stereocenters. The maximum absolute atomic E-state index is 12.9. The highest BCUT2D eigenvalue weighted by atomic mass is 79.9. The highest BCUT2D eigenvalue weighted by molar-refractivity contribution is 9.10. The van der Waals surface area contributed by atoms with Crippen LogP contribution in [0.15, 0.2) is 33.5 Å². The Morgan fingerprint density at radius 1 is 1.23 bits per heavy atom. The summed E-state index contributed by atoms with van der Waals surface area (Å²) in [6, 6.07) is 7.44. The first kappa shape index (κ1) is 17.1. The van der Waals surface area contributed by atoms with Gasteiger partial charge in [0.15, 0.2) is 16.5 Å². The molecule has 0 atom stereocenters. The van der Waals surface area contributed by atoms with E-state index in [4.69, 9.17) is 4.74 Å². The topological polar surface area (TPSA) is 63.8 Å². The molecule has 0 aliphatic carbocycles. The SMILES string of the molecule is COc1cc(/C=c2\sc3nc4cc(C)c(C)cc4n3c2=O)cc(Br)c1O. The maximum atomic E-state index is 12.9. The van der Waals surface area contributed by atoms with Crippen molar-refractivity contribution in [2.45, 2.75) is 13.8 Å². The van der Waals surface area contributed by atoms with Crippen LogP contribution in [-0.2, 0) is 0 Å². The predicted molar refractivity (Wildman–Crippen MR) is 107 cm³/mol. The van der Waals surface area contributed by atoms with E-state index in [1.54, 1.807) is 22.6 Å². The fourth-order valence-corrected chi connectivity index (χ4v) is 4.35. The van der Waals surface area contributed by atoms with E-state index in [2.05, 4.69) is 20.9 Å². The summed E-state index contributed by atoms with van der Waals surface area (Å²) in [5.41, 5.74) is 4.60. The van der Waals surface area contributed by atoms with Gasteiger partial charge in [-0.25, -0.2) is 9.38 Å². The number of halogens is 1. The predicted octanol–water partition coefficient (Wildman–Crippen LogP) is 3.55. The summed E-state index contributed by atoms with van der Waals surface area (Å²) in [5, 5.41) is 9.93. The number of methoxy groups -OCH3 is 1. The molecule has 26 heavy (non-hydrogen) atoms. The molecule has 5 nitrogen and oxygen atoms in total. The van der Waals surface area contributed by atoms with Crippen LogP contribution in [0.4, 0.5) is 0 Å². The Labute approximate surface area is 161 Å². The number of ether oxygens (including phenoxy) is 1. The number of aryl methyl sites for hydroxylation is 2. The highest BCUT2D eigenvalue weighted by Gasteiger charge is 2.13. The molecule has 0 fully saturated rings. The summed E-state index contributed by atoms with van der Waals surface area (Å²) in [6.07, 6.45) is 1.78. The number of hydrogen-bond donors (Lipinski definition) is 1. The summed E-state index contributed by atoms with van der Waals surface area (Å²) in [4.78, 5) is 18.2. The third-order valence-corrected chi connectivity index (χ3v) is 6.00. The Balaban J connectivity index is 1.97. The van der Waals surface area contributed by atoms with Crippen molar-refractivity contribution in [3.8, 4) is 11.5 Å². The molecule has 2 aromatic heterocycles. The van der Waals surface area contributed by atoms with E-state index in [1.807, 2.05) is 26.0 Å². The van der Waals surface area contributed by atoms with Gasteiger partial charge in [0.1, 0.15) is 0 Å². The Bertz CT molecular complexity index is 1290. The zero-order valence-electron chi connectivity index (χ0n) is 14.3. The number of aromatic hydroxyl groups is 1. The molecular weight excluding hydrogens is 416 g/mol. The van der Waals surface area contributed by atoms with Gasteiger partial charge in [-0.3, -0.25) is 4.79 Å². The lowest BCUT2D eigenvalue weighted by molar-refractivity contribution is 0.372. The summed E-state index contributed by atoms with van der Waals surface area (Å²) >= 11 is 4.65. The fraction of sp³-hybridized carbons (Fsp3) is 0.158. The Morgan fingerprint density at radius 2 is 1.96 bits per heavy atom. The van der Waals surface area contributed by atoms with Crippen molar-refractivity contribution in [3.63, 3.8) is 0 Å². The van der Waals surface area contributed by atoms with Crippen LogP contribution in [0.1, 0.15) is 16.7 Å². The molecule has 0 radical (unpaired) electrons. The van der Waals surface area contributed by atoms with Crippen LogP contribution >= 0.6 is 27.3 Å². The first-order valence-corrected chi connectivity index (χ1v) is 9.50. The van der Waals surface area contributed by atoms with Crippen LogP contribution in [0, 0.1) is 13.8 Å². The van der Waals surface area contributed by atoms with Gasteiger partial charge in [0.2, 0.25) is 0 Å². The van der Waals surface area contributed by atoms with Crippen molar-refractivity contribution in [3.05, 3.63) is 60.3 Å². The number of rotatable bonds is 2. The fourth-order valence-electron chi connectivity index (χ4n) is 2.90. The molecule has 2 heterocycles. The number of benzene rings is 2. The Kier molecular flexibility index (Phi) is 4.00. The summed E-state index contributed by atoms with van der Waals surface area (Å²) in [7, 11) is 1.49. The molecule has 2 aromatic carbocycles. The van der Waals surface area contributed by atoms with Crippen molar-refractivity contribution in [1.82, 2.24) is 9.38 Å². The van der Waals surface area contributed by atoms with Crippen molar-refractivity contribution >= 4 is 49.3 Å². The number of hydrogen-bond acceptors (Lipinski definition) is 5. The van der Waals surface area contributed by atoms with Crippen molar-refractivity contribution < 1.29 is 9.84 Å². The van der Waals surface area contributed by atoms with Crippen LogP contribution in [0.2, 0.25) is 0 Å². The lowest BCUT2D eigenvalue weighted by Crippen LogP contribution is -2.22. The number of fused-ring (bicyclic) bond motifs is 3. The lowest BCUT2D eigenvalue weighted by Gasteiger charge is -2.06. The molecule has 4 rings (SSSR count). The van der Waals surface area contributed by atoms with Crippen LogP contribution in [0.3, 0.4) is 0 Å². The van der Waals surface area contributed by atoms with E-state index in [9.17, 15) is 9.90 Å². The number of nitrogens with zero attached hydrogens (tertiary/aromatic N) is 2. The van der Waals surface area contributed by atoms with E-state index in [0.717, 1.165) is 27.7 Å². The van der Waals surface area contributed by atoms with E-state index < -0.39 is 0 Å². The molecule has 0 amide bonds. The molecule has 4 aromatic rings. The third-order valence-electron chi connectivity index (χ3n) is 4.42. The van der Waals surface area contributed by atoms with E-state index in [-0.39, 0.29) is 11.3 Å². The molecule has 0 aliphatic rings. The van der Waals surface area contributed by atoms with E-state index >= 15 is 0 Å². The van der Waals surface area contributed by atoms with E-state index in [0.29, 0.717) is 19.7 Å². The normalized spacial score (nSPS) is 12.4. The minimum atomic E-state index is -0.0982. The molecular formula is C19H15BrN2O3S. The Morgan fingerprint density at radius 3 is 2.69 bits per heavy atom. The summed E-state index contributed by atoms with van der Waals surface area (Å²) < 4.78 is 7.91. The summed E-state index contributed by atoms with van der Waals surface area (Å²) in [6.45, 7) is 4.06. The smallest absolute Gasteiger partial charge is 0.274 e. The van der Waals surface area contributed by atoms with Gasteiger partial charge in [0.25, 0.3) is 5.56 Å². The van der Waals surface area contributed by atoms with Gasteiger partial charge in [-0.15, -0.1) is 0 Å². The highest BCUT2D eigenvalue weighted by Crippen LogP contribution is 2.35. The van der Waals surface area contributed by atoms with Gasteiger partial charge in [0.05, 0.1) is 27.1 Å². The first-order valence-electron chi connectivity index (χ1n) is 7.89. The van der Waals surface area contributed by atoms with Gasteiger partial charge in [-0.05, 0) is 76.8 Å². The van der Waals surface area contributed by atoms with Crippen molar-refractivity contribution in [1.29, 1.82) is 0 Å².